The van der Waals surface area contributed by atoms with Gasteiger partial charge < -0.3 is 25.4 Å². The minimum absolute atomic E-state index is 0.000558. The van der Waals surface area contributed by atoms with Crippen LogP contribution in [0.5, 0.6) is 5.75 Å². The number of carboxylic acids is 1. The average Bonchev–Trinajstić information content (AvgIpc) is 3.30. The molecule has 3 N–H and O–H groups in total. The highest BCUT2D eigenvalue weighted by atomic mass is 19.1. The molecule has 1 aliphatic rings. The van der Waals surface area contributed by atoms with Gasteiger partial charge in [-0.15, -0.1) is 0 Å². The van der Waals surface area contributed by atoms with E-state index < -0.39 is 18.2 Å². The number of carboxylic acid groups (broad SMARTS) is 1. The van der Waals surface area contributed by atoms with Gasteiger partial charge in [0.1, 0.15) is 18.5 Å². The molecule has 2 atom stereocenters. The van der Waals surface area contributed by atoms with Crippen LogP contribution in [0.3, 0.4) is 0 Å². The van der Waals surface area contributed by atoms with E-state index in [4.69, 9.17) is 9.84 Å². The van der Waals surface area contributed by atoms with Gasteiger partial charge in [-0.05, 0) is 65.9 Å². The van der Waals surface area contributed by atoms with Gasteiger partial charge in [-0.3, -0.25) is 4.79 Å². The van der Waals surface area contributed by atoms with E-state index in [-0.39, 0.29) is 49.4 Å². The van der Waals surface area contributed by atoms with Crippen molar-refractivity contribution in [2.75, 3.05) is 23.8 Å². The molecule has 1 fully saturated rings. The molecule has 0 aromatic heterocycles. The standard InChI is InChI=1S/C31H34FN3O5/c1-19(2)26-14-21(8-13-28(26)34-31(39)33-27-7-5-4-6-20(27)3)15-29(36)35-17-23(32)16-24(35)18-40-25-11-9-22(10-12-25)30(37)38/h4-14,19,23-24H,15-18H2,1-3H3,(H,37,38)(H2,33,34,39)/t23-,24-/m0/s1. The van der Waals surface area contributed by atoms with Crippen LogP contribution in [-0.2, 0) is 11.2 Å². The smallest absolute Gasteiger partial charge is 0.335 e. The first kappa shape index (κ1) is 28.6. The molecular weight excluding hydrogens is 513 g/mol. The van der Waals surface area contributed by atoms with Crippen molar-refractivity contribution in [3.8, 4) is 5.75 Å². The quantitative estimate of drug-likeness (QED) is 0.304. The second kappa shape index (κ2) is 12.6. The molecule has 9 heteroatoms. The van der Waals surface area contributed by atoms with Gasteiger partial charge in [0, 0.05) is 17.8 Å². The van der Waals surface area contributed by atoms with Gasteiger partial charge in [-0.1, -0.05) is 44.2 Å². The van der Waals surface area contributed by atoms with Crippen molar-refractivity contribution < 1.29 is 28.6 Å². The second-order valence-electron chi connectivity index (χ2n) is 10.3. The SMILES string of the molecule is Cc1ccccc1NC(=O)Nc1ccc(CC(=O)N2C[C@@H](F)C[C@H]2COc2ccc(C(=O)O)cc2)cc1C(C)C. The Labute approximate surface area is 233 Å². The number of alkyl halides is 1. The van der Waals surface area contributed by atoms with Gasteiger partial charge >= 0.3 is 12.0 Å². The number of nitrogens with one attached hydrogen (secondary N) is 2. The molecule has 3 aromatic carbocycles. The van der Waals surface area contributed by atoms with E-state index in [1.165, 1.54) is 17.0 Å². The normalized spacial score (nSPS) is 16.6. The van der Waals surface area contributed by atoms with E-state index in [2.05, 4.69) is 10.6 Å². The van der Waals surface area contributed by atoms with Gasteiger partial charge in [-0.2, -0.15) is 0 Å². The number of amides is 3. The van der Waals surface area contributed by atoms with Gasteiger partial charge in [0.15, 0.2) is 0 Å². The zero-order chi connectivity index (χ0) is 28.8. The van der Waals surface area contributed by atoms with E-state index in [9.17, 15) is 18.8 Å². The number of aromatic carboxylic acids is 1. The second-order valence-corrected chi connectivity index (χ2v) is 10.3. The summed E-state index contributed by atoms with van der Waals surface area (Å²) in [6.07, 6.45) is -0.877. The van der Waals surface area contributed by atoms with Gasteiger partial charge in [0.05, 0.1) is 24.6 Å². The largest absolute Gasteiger partial charge is 0.491 e. The highest BCUT2D eigenvalue weighted by Crippen LogP contribution is 2.28. The van der Waals surface area contributed by atoms with Crippen LogP contribution in [0.15, 0.2) is 66.7 Å². The highest BCUT2D eigenvalue weighted by molar-refractivity contribution is 6.00. The lowest BCUT2D eigenvalue weighted by Crippen LogP contribution is -2.40. The molecule has 0 bridgehead atoms. The van der Waals surface area contributed by atoms with Crippen LogP contribution in [0.4, 0.5) is 20.6 Å². The van der Waals surface area contributed by atoms with Crippen molar-refractivity contribution >= 4 is 29.3 Å². The maximum Gasteiger partial charge on any atom is 0.335 e. The summed E-state index contributed by atoms with van der Waals surface area (Å²) in [6.45, 7) is 6.04. The summed E-state index contributed by atoms with van der Waals surface area (Å²) in [5.74, 6) is -0.702. The number of ether oxygens (including phenoxy) is 1. The average molecular weight is 548 g/mol. The molecule has 0 saturated carbocycles. The molecule has 8 nitrogen and oxygen atoms in total. The lowest BCUT2D eigenvalue weighted by molar-refractivity contribution is -0.132. The Hall–Kier alpha value is -4.40. The van der Waals surface area contributed by atoms with E-state index in [0.29, 0.717) is 11.4 Å². The van der Waals surface area contributed by atoms with Crippen molar-refractivity contribution in [3.05, 3.63) is 89.0 Å². The van der Waals surface area contributed by atoms with Crippen molar-refractivity contribution in [2.45, 2.75) is 51.7 Å². The lowest BCUT2D eigenvalue weighted by atomic mass is 9.97. The number of rotatable bonds is 9. The molecule has 0 spiro atoms. The first-order valence-electron chi connectivity index (χ1n) is 13.3. The molecule has 1 aliphatic heterocycles. The summed E-state index contributed by atoms with van der Waals surface area (Å²) in [5, 5.41) is 14.8. The van der Waals surface area contributed by atoms with Crippen molar-refractivity contribution in [3.63, 3.8) is 0 Å². The molecule has 0 radical (unpaired) electrons. The minimum atomic E-state index is -1.14. The molecule has 0 unspecified atom stereocenters. The van der Waals surface area contributed by atoms with E-state index in [1.54, 1.807) is 24.3 Å². The highest BCUT2D eigenvalue weighted by Gasteiger charge is 2.35. The lowest BCUT2D eigenvalue weighted by Gasteiger charge is -2.25. The maximum absolute atomic E-state index is 14.4. The Morgan fingerprint density at radius 2 is 1.73 bits per heavy atom. The molecular formula is C31H34FN3O5. The molecule has 3 amide bonds. The molecule has 1 saturated heterocycles. The monoisotopic (exact) mass is 547 g/mol. The third kappa shape index (κ3) is 7.16. The Kier molecular flexibility index (Phi) is 9.04. The third-order valence-electron chi connectivity index (χ3n) is 6.96. The number of carbonyl (C=O) groups is 3. The Bertz CT molecular complexity index is 1380. The van der Waals surface area contributed by atoms with E-state index in [0.717, 1.165) is 22.4 Å². The summed E-state index contributed by atoms with van der Waals surface area (Å²) in [4.78, 5) is 38.5. The Balaban J connectivity index is 1.40. The Morgan fingerprint density at radius 3 is 2.40 bits per heavy atom. The summed E-state index contributed by atoms with van der Waals surface area (Å²) >= 11 is 0. The number of likely N-dealkylation sites (tertiary alicyclic amines) is 1. The maximum atomic E-state index is 14.4. The fourth-order valence-electron chi connectivity index (χ4n) is 4.79. The van der Waals surface area contributed by atoms with Gasteiger partial charge in [0.2, 0.25) is 5.91 Å². The molecule has 4 rings (SSSR count). The summed E-state index contributed by atoms with van der Waals surface area (Å²) in [5.41, 5.74) is 4.13. The number of aryl methyl sites for hydroxylation is 1. The molecule has 210 valence electrons. The fourth-order valence-corrected chi connectivity index (χ4v) is 4.79. The first-order valence-corrected chi connectivity index (χ1v) is 13.3. The van der Waals surface area contributed by atoms with E-state index >= 15 is 0 Å². The van der Waals surface area contributed by atoms with Crippen LogP contribution in [0, 0.1) is 6.92 Å². The first-order chi connectivity index (χ1) is 19.1. The Morgan fingerprint density at radius 1 is 1.02 bits per heavy atom. The van der Waals surface area contributed by atoms with Crippen molar-refractivity contribution in [2.24, 2.45) is 0 Å². The van der Waals surface area contributed by atoms with Crippen LogP contribution in [-0.4, -0.2) is 53.3 Å². The zero-order valence-corrected chi connectivity index (χ0v) is 22.8. The number of hydrogen-bond acceptors (Lipinski definition) is 4. The molecule has 3 aromatic rings. The predicted octanol–water partition coefficient (Wildman–Crippen LogP) is 6.02. The summed E-state index contributed by atoms with van der Waals surface area (Å²) < 4.78 is 20.1. The number of carbonyl (C=O) groups excluding carboxylic acids is 2. The van der Waals surface area contributed by atoms with E-state index in [1.807, 2.05) is 51.1 Å². The zero-order valence-electron chi connectivity index (χ0n) is 22.8. The van der Waals surface area contributed by atoms with Crippen molar-refractivity contribution in [1.82, 2.24) is 4.90 Å². The molecule has 1 heterocycles. The van der Waals surface area contributed by atoms with Crippen molar-refractivity contribution in [1.29, 1.82) is 0 Å². The van der Waals surface area contributed by atoms with Crippen LogP contribution in [0.25, 0.3) is 0 Å². The van der Waals surface area contributed by atoms with Crippen LogP contribution >= 0.6 is 0 Å². The molecule has 0 aliphatic carbocycles. The topological polar surface area (TPSA) is 108 Å². The number of urea groups is 1. The number of hydrogen-bond donors (Lipinski definition) is 3. The number of nitrogens with zero attached hydrogens (tertiary/aromatic N) is 1. The van der Waals surface area contributed by atoms with Gasteiger partial charge in [0.25, 0.3) is 0 Å². The van der Waals surface area contributed by atoms with Gasteiger partial charge in [-0.25, -0.2) is 14.0 Å². The van der Waals surface area contributed by atoms with Crippen LogP contribution < -0.4 is 15.4 Å². The fraction of sp³-hybridized carbons (Fsp3) is 0.323. The number of para-hydroxylation sites is 1. The summed E-state index contributed by atoms with van der Waals surface area (Å²) in [7, 11) is 0. The third-order valence-corrected chi connectivity index (χ3v) is 6.96. The van der Waals surface area contributed by atoms with Crippen LogP contribution in [0.2, 0.25) is 0 Å². The number of halogens is 1. The predicted molar refractivity (Wildman–Crippen MR) is 152 cm³/mol. The number of anilines is 2. The minimum Gasteiger partial charge on any atom is -0.491 e. The summed E-state index contributed by atoms with van der Waals surface area (Å²) in [6, 6.07) is 18.2. The number of benzene rings is 3. The molecule has 40 heavy (non-hydrogen) atoms. The van der Waals surface area contributed by atoms with Crippen LogP contribution in [0.1, 0.15) is 53.2 Å².